The number of aromatic nitrogens is 2. The van der Waals surface area contributed by atoms with Crippen LogP contribution in [0.15, 0.2) is 59.1 Å². The van der Waals surface area contributed by atoms with E-state index in [0.29, 0.717) is 24.1 Å². The Balaban J connectivity index is 1.17. The first kappa shape index (κ1) is 20.8. The van der Waals surface area contributed by atoms with E-state index >= 15 is 0 Å². The van der Waals surface area contributed by atoms with Crippen molar-refractivity contribution < 1.29 is 14.0 Å². The lowest BCUT2D eigenvalue weighted by molar-refractivity contribution is 0.238. The van der Waals surface area contributed by atoms with Crippen LogP contribution >= 0.6 is 11.8 Å². The topological polar surface area (TPSA) is 60.6 Å². The summed E-state index contributed by atoms with van der Waals surface area (Å²) in [6.07, 6.45) is 2.61. The third-order valence-corrected chi connectivity index (χ3v) is 5.83. The minimum atomic E-state index is 0.606. The number of rotatable bonds is 11. The van der Waals surface area contributed by atoms with Gasteiger partial charge in [0.2, 0.25) is 11.7 Å². The van der Waals surface area contributed by atoms with Gasteiger partial charge in [0.05, 0.1) is 12.4 Å². The summed E-state index contributed by atoms with van der Waals surface area (Å²) in [6.45, 7) is 4.75. The molecule has 2 aromatic carbocycles. The van der Waals surface area contributed by atoms with Gasteiger partial charge in [-0.25, -0.2) is 0 Å². The molecule has 158 valence electrons. The van der Waals surface area contributed by atoms with E-state index in [9.17, 15) is 0 Å². The zero-order valence-electron chi connectivity index (χ0n) is 17.0. The van der Waals surface area contributed by atoms with E-state index in [0.717, 1.165) is 36.0 Å². The summed E-state index contributed by atoms with van der Waals surface area (Å²) in [4.78, 5) is 6.94. The summed E-state index contributed by atoms with van der Waals surface area (Å²) in [6, 6.07) is 17.7. The quantitative estimate of drug-likeness (QED) is 0.419. The van der Waals surface area contributed by atoms with Gasteiger partial charge in [-0.3, -0.25) is 4.90 Å². The first-order valence-corrected chi connectivity index (χ1v) is 11.6. The van der Waals surface area contributed by atoms with Gasteiger partial charge in [-0.05, 0) is 62.3 Å². The number of ether oxygens (including phenoxy) is 2. The highest BCUT2D eigenvalue weighted by Crippen LogP contribution is 2.21. The molecule has 2 heterocycles. The van der Waals surface area contributed by atoms with Crippen LogP contribution in [0.2, 0.25) is 0 Å². The lowest BCUT2D eigenvalue weighted by atomic mass is 10.2. The van der Waals surface area contributed by atoms with Crippen molar-refractivity contribution in [3.05, 3.63) is 60.5 Å². The van der Waals surface area contributed by atoms with Crippen molar-refractivity contribution >= 4 is 11.8 Å². The van der Waals surface area contributed by atoms with Crippen LogP contribution in [-0.4, -0.2) is 53.6 Å². The van der Waals surface area contributed by atoms with Crippen molar-refractivity contribution in [3.8, 4) is 22.9 Å². The van der Waals surface area contributed by atoms with E-state index in [1.165, 1.54) is 25.9 Å². The van der Waals surface area contributed by atoms with Gasteiger partial charge in [0.1, 0.15) is 18.1 Å². The lowest BCUT2D eigenvalue weighted by Gasteiger charge is -2.14. The highest BCUT2D eigenvalue weighted by molar-refractivity contribution is 7.98. The van der Waals surface area contributed by atoms with E-state index in [4.69, 9.17) is 14.0 Å². The maximum absolute atomic E-state index is 5.85. The summed E-state index contributed by atoms with van der Waals surface area (Å²) >= 11 is 1.71. The van der Waals surface area contributed by atoms with Gasteiger partial charge in [0, 0.05) is 17.9 Å². The molecule has 0 N–H and O–H groups in total. The molecule has 1 aliphatic heterocycles. The molecule has 0 bridgehead atoms. The van der Waals surface area contributed by atoms with Gasteiger partial charge in [-0.15, -0.1) is 11.8 Å². The monoisotopic (exact) mass is 425 g/mol. The molecule has 1 aliphatic rings. The molecule has 7 heteroatoms. The van der Waals surface area contributed by atoms with Crippen LogP contribution in [0.5, 0.6) is 11.5 Å². The van der Waals surface area contributed by atoms with Crippen molar-refractivity contribution in [1.29, 1.82) is 0 Å². The first-order chi connectivity index (χ1) is 14.9. The van der Waals surface area contributed by atoms with Gasteiger partial charge >= 0.3 is 0 Å². The van der Waals surface area contributed by atoms with Gasteiger partial charge < -0.3 is 14.0 Å². The highest BCUT2D eigenvalue weighted by atomic mass is 32.2. The Labute approximate surface area is 181 Å². The number of para-hydroxylation sites is 1. The molecule has 1 fully saturated rings. The molecule has 0 aliphatic carbocycles. The molecule has 0 atom stereocenters. The molecule has 1 aromatic heterocycles. The molecular formula is C23H27N3O3S. The largest absolute Gasteiger partial charge is 0.493 e. The van der Waals surface area contributed by atoms with Crippen molar-refractivity contribution in [2.45, 2.75) is 18.6 Å². The fourth-order valence-corrected chi connectivity index (χ4v) is 3.96. The molecule has 30 heavy (non-hydrogen) atoms. The normalized spacial score (nSPS) is 14.1. The first-order valence-electron chi connectivity index (χ1n) is 10.4. The third kappa shape index (κ3) is 6.24. The Hall–Kier alpha value is -2.51. The molecule has 0 spiro atoms. The van der Waals surface area contributed by atoms with E-state index in [-0.39, 0.29) is 0 Å². The smallest absolute Gasteiger partial charge is 0.236 e. The van der Waals surface area contributed by atoms with E-state index in [1.54, 1.807) is 11.8 Å². The van der Waals surface area contributed by atoms with Gasteiger partial charge in [-0.2, -0.15) is 4.98 Å². The summed E-state index contributed by atoms with van der Waals surface area (Å²) in [5.41, 5.74) is 0.925. The summed E-state index contributed by atoms with van der Waals surface area (Å²) in [7, 11) is 0. The highest BCUT2D eigenvalue weighted by Gasteiger charge is 2.11. The number of hydrogen-bond donors (Lipinski definition) is 0. The van der Waals surface area contributed by atoms with Crippen LogP contribution in [0.1, 0.15) is 18.7 Å². The molecule has 4 rings (SSSR count). The van der Waals surface area contributed by atoms with Crippen LogP contribution in [0.25, 0.3) is 11.4 Å². The molecule has 0 amide bonds. The minimum absolute atomic E-state index is 0.606. The number of hydrogen-bond acceptors (Lipinski definition) is 7. The molecule has 1 saturated heterocycles. The second-order valence-electron chi connectivity index (χ2n) is 7.15. The van der Waals surface area contributed by atoms with Crippen molar-refractivity contribution in [3.63, 3.8) is 0 Å². The van der Waals surface area contributed by atoms with Gasteiger partial charge in [0.25, 0.3) is 0 Å². The molecule has 0 saturated carbocycles. The van der Waals surface area contributed by atoms with Crippen molar-refractivity contribution in [1.82, 2.24) is 15.0 Å². The van der Waals surface area contributed by atoms with E-state index in [1.807, 2.05) is 54.6 Å². The molecule has 0 radical (unpaired) electrons. The second-order valence-corrected chi connectivity index (χ2v) is 8.25. The Bertz CT molecular complexity index is 880. The molecule has 0 unspecified atom stereocenters. The van der Waals surface area contributed by atoms with E-state index in [2.05, 4.69) is 15.0 Å². The van der Waals surface area contributed by atoms with Crippen molar-refractivity contribution in [2.75, 3.05) is 38.6 Å². The molecule has 6 nitrogen and oxygen atoms in total. The Morgan fingerprint density at radius 2 is 1.63 bits per heavy atom. The number of thioether (sulfide) groups is 1. The zero-order valence-corrected chi connectivity index (χ0v) is 17.9. The number of likely N-dealkylation sites (tertiary alicyclic amines) is 1. The Morgan fingerprint density at radius 1 is 0.900 bits per heavy atom. The van der Waals surface area contributed by atoms with Crippen LogP contribution < -0.4 is 9.47 Å². The van der Waals surface area contributed by atoms with Crippen LogP contribution in [0.4, 0.5) is 0 Å². The van der Waals surface area contributed by atoms with Crippen LogP contribution in [0, 0.1) is 0 Å². The summed E-state index contributed by atoms with van der Waals surface area (Å²) in [5, 5.41) is 4.10. The SMILES string of the molecule is c1ccc(OCCSCc2nc(-c3ccc(OCCN4CCCC4)cc3)no2)cc1. The predicted octanol–water partition coefficient (Wildman–Crippen LogP) is 4.52. The fourth-order valence-electron chi connectivity index (χ4n) is 3.32. The zero-order chi connectivity index (χ0) is 20.4. The second kappa shape index (κ2) is 11.0. The standard InChI is InChI=1S/C23H27N3O3S/c1-2-6-20(7-3-1)28-16-17-30-18-22-24-23(25-29-22)19-8-10-21(11-9-19)27-15-14-26-12-4-5-13-26/h1-3,6-11H,4-5,12-18H2. The minimum Gasteiger partial charge on any atom is -0.493 e. The molecule has 3 aromatic rings. The van der Waals surface area contributed by atoms with Gasteiger partial charge in [0.15, 0.2) is 0 Å². The lowest BCUT2D eigenvalue weighted by Crippen LogP contribution is -2.25. The fraction of sp³-hybridized carbons (Fsp3) is 0.391. The Morgan fingerprint density at radius 3 is 2.43 bits per heavy atom. The summed E-state index contributed by atoms with van der Waals surface area (Å²) < 4.78 is 16.9. The van der Waals surface area contributed by atoms with Crippen LogP contribution in [-0.2, 0) is 5.75 Å². The van der Waals surface area contributed by atoms with Gasteiger partial charge in [-0.1, -0.05) is 23.4 Å². The summed E-state index contributed by atoms with van der Waals surface area (Å²) in [5.74, 6) is 4.52. The van der Waals surface area contributed by atoms with E-state index < -0.39 is 0 Å². The number of nitrogens with zero attached hydrogens (tertiary/aromatic N) is 3. The predicted molar refractivity (Wildman–Crippen MR) is 119 cm³/mol. The number of benzene rings is 2. The average molecular weight is 426 g/mol. The average Bonchev–Trinajstić information content (AvgIpc) is 3.47. The Kier molecular flexibility index (Phi) is 7.63. The van der Waals surface area contributed by atoms with Crippen LogP contribution in [0.3, 0.4) is 0 Å². The third-order valence-electron chi connectivity index (χ3n) is 4.92. The maximum Gasteiger partial charge on any atom is 0.236 e. The maximum atomic E-state index is 5.85. The van der Waals surface area contributed by atoms with Crippen molar-refractivity contribution in [2.24, 2.45) is 0 Å². The molecular weight excluding hydrogens is 398 g/mol.